The highest BCUT2D eigenvalue weighted by atomic mass is 15.1. The van der Waals surface area contributed by atoms with Crippen molar-refractivity contribution in [1.29, 1.82) is 0 Å². The van der Waals surface area contributed by atoms with Crippen LogP contribution in [0.3, 0.4) is 0 Å². The van der Waals surface area contributed by atoms with Crippen LogP contribution in [-0.4, -0.2) is 24.0 Å². The summed E-state index contributed by atoms with van der Waals surface area (Å²) in [6, 6.07) is 9.44. The van der Waals surface area contributed by atoms with E-state index in [1.54, 1.807) is 0 Å². The molecular formula is C19H30N2. The average molecular weight is 286 g/mol. The van der Waals surface area contributed by atoms with Crippen LogP contribution in [0.25, 0.3) is 0 Å². The number of hydrogen-bond acceptors (Lipinski definition) is 2. The van der Waals surface area contributed by atoms with Crippen LogP contribution in [0, 0.1) is 18.8 Å². The van der Waals surface area contributed by atoms with Gasteiger partial charge in [-0.25, -0.2) is 0 Å². The second-order valence-electron chi connectivity index (χ2n) is 7.32. The molecular weight excluding hydrogens is 256 g/mol. The van der Waals surface area contributed by atoms with Gasteiger partial charge in [-0.3, -0.25) is 4.90 Å². The predicted octanol–water partition coefficient (Wildman–Crippen LogP) is 3.72. The quantitative estimate of drug-likeness (QED) is 0.894. The molecule has 0 amide bonds. The molecule has 1 aromatic carbocycles. The van der Waals surface area contributed by atoms with Crippen molar-refractivity contribution in [2.24, 2.45) is 17.6 Å². The van der Waals surface area contributed by atoms with Crippen LogP contribution in [0.15, 0.2) is 24.3 Å². The fourth-order valence-corrected chi connectivity index (χ4v) is 4.16. The summed E-state index contributed by atoms with van der Waals surface area (Å²) < 4.78 is 0. The first-order valence-electron chi connectivity index (χ1n) is 8.74. The molecule has 1 heterocycles. The van der Waals surface area contributed by atoms with Crippen molar-refractivity contribution in [2.45, 2.75) is 58.0 Å². The molecule has 2 atom stereocenters. The van der Waals surface area contributed by atoms with Gasteiger partial charge in [0.05, 0.1) is 0 Å². The second kappa shape index (κ2) is 6.93. The highest BCUT2D eigenvalue weighted by Crippen LogP contribution is 2.31. The molecule has 2 aliphatic rings. The van der Waals surface area contributed by atoms with E-state index in [0.717, 1.165) is 18.4 Å². The number of nitrogens with zero attached hydrogens (tertiary/aromatic N) is 1. The summed E-state index contributed by atoms with van der Waals surface area (Å²) in [7, 11) is 0. The third-order valence-corrected chi connectivity index (χ3v) is 5.51. The molecule has 2 unspecified atom stereocenters. The van der Waals surface area contributed by atoms with Gasteiger partial charge in [0.25, 0.3) is 0 Å². The van der Waals surface area contributed by atoms with E-state index in [4.69, 9.17) is 5.73 Å². The lowest BCUT2D eigenvalue weighted by Crippen LogP contribution is -2.31. The molecule has 1 saturated heterocycles. The highest BCUT2D eigenvalue weighted by Gasteiger charge is 2.28. The SMILES string of the molecule is Cc1ccc(CN2CCC(CC(N)C3CCCC3)C2)cc1. The first kappa shape index (κ1) is 15.1. The van der Waals surface area contributed by atoms with Crippen molar-refractivity contribution >= 4 is 0 Å². The fourth-order valence-electron chi connectivity index (χ4n) is 4.16. The van der Waals surface area contributed by atoms with Crippen molar-refractivity contribution in [3.8, 4) is 0 Å². The maximum atomic E-state index is 6.45. The van der Waals surface area contributed by atoms with E-state index < -0.39 is 0 Å². The van der Waals surface area contributed by atoms with Crippen LogP contribution in [0.5, 0.6) is 0 Å². The normalized spacial score (nSPS) is 25.5. The summed E-state index contributed by atoms with van der Waals surface area (Å²) in [5, 5.41) is 0. The van der Waals surface area contributed by atoms with Gasteiger partial charge in [-0.2, -0.15) is 0 Å². The van der Waals surface area contributed by atoms with E-state index in [1.807, 2.05) is 0 Å². The number of rotatable bonds is 5. The Kier molecular flexibility index (Phi) is 4.97. The van der Waals surface area contributed by atoms with Crippen molar-refractivity contribution in [2.75, 3.05) is 13.1 Å². The van der Waals surface area contributed by atoms with Gasteiger partial charge in [0.15, 0.2) is 0 Å². The summed E-state index contributed by atoms with van der Waals surface area (Å²) in [4.78, 5) is 2.61. The number of likely N-dealkylation sites (tertiary alicyclic amines) is 1. The molecule has 116 valence electrons. The summed E-state index contributed by atoms with van der Waals surface area (Å²) in [6.07, 6.45) is 8.15. The molecule has 0 radical (unpaired) electrons. The van der Waals surface area contributed by atoms with Gasteiger partial charge in [0.1, 0.15) is 0 Å². The highest BCUT2D eigenvalue weighted by molar-refractivity contribution is 5.21. The minimum atomic E-state index is 0.455. The lowest BCUT2D eigenvalue weighted by molar-refractivity contribution is 0.295. The molecule has 2 N–H and O–H groups in total. The molecule has 3 rings (SSSR count). The molecule has 21 heavy (non-hydrogen) atoms. The smallest absolute Gasteiger partial charge is 0.0233 e. The van der Waals surface area contributed by atoms with Gasteiger partial charge in [-0.05, 0) is 56.6 Å². The lowest BCUT2D eigenvalue weighted by atomic mass is 9.89. The summed E-state index contributed by atoms with van der Waals surface area (Å²) in [5.74, 6) is 1.64. The maximum Gasteiger partial charge on any atom is 0.0233 e. The monoisotopic (exact) mass is 286 g/mol. The molecule has 2 fully saturated rings. The second-order valence-corrected chi connectivity index (χ2v) is 7.32. The van der Waals surface area contributed by atoms with E-state index in [9.17, 15) is 0 Å². The number of benzene rings is 1. The molecule has 1 aliphatic heterocycles. The molecule has 1 aliphatic carbocycles. The van der Waals surface area contributed by atoms with E-state index in [0.29, 0.717) is 6.04 Å². The van der Waals surface area contributed by atoms with Crippen LogP contribution >= 0.6 is 0 Å². The Morgan fingerprint density at radius 3 is 2.57 bits per heavy atom. The van der Waals surface area contributed by atoms with Crippen LogP contribution in [-0.2, 0) is 6.54 Å². The Labute approximate surface area is 129 Å². The Morgan fingerprint density at radius 1 is 1.14 bits per heavy atom. The van der Waals surface area contributed by atoms with E-state index in [2.05, 4.69) is 36.1 Å². The van der Waals surface area contributed by atoms with Crippen molar-refractivity contribution in [3.05, 3.63) is 35.4 Å². The van der Waals surface area contributed by atoms with Gasteiger partial charge >= 0.3 is 0 Å². The Balaban J connectivity index is 1.45. The van der Waals surface area contributed by atoms with E-state index in [1.165, 1.54) is 62.7 Å². The van der Waals surface area contributed by atoms with Gasteiger partial charge in [0, 0.05) is 19.1 Å². The largest absolute Gasteiger partial charge is 0.327 e. The number of nitrogens with two attached hydrogens (primary N) is 1. The molecule has 0 bridgehead atoms. The van der Waals surface area contributed by atoms with Crippen molar-refractivity contribution in [1.82, 2.24) is 4.90 Å². The zero-order valence-electron chi connectivity index (χ0n) is 13.4. The standard InChI is InChI=1S/C19H30N2/c1-15-6-8-16(9-7-15)13-21-11-10-17(14-21)12-19(20)18-4-2-3-5-18/h6-9,17-19H,2-5,10-14,20H2,1H3. The van der Waals surface area contributed by atoms with Gasteiger partial charge < -0.3 is 5.73 Å². The summed E-state index contributed by atoms with van der Waals surface area (Å²) in [5.41, 5.74) is 9.25. The molecule has 2 heteroatoms. The Bertz CT molecular complexity index is 433. The Hall–Kier alpha value is -0.860. The Morgan fingerprint density at radius 2 is 1.86 bits per heavy atom. The van der Waals surface area contributed by atoms with Gasteiger partial charge in [0.2, 0.25) is 0 Å². The summed E-state index contributed by atoms with van der Waals surface area (Å²) in [6.45, 7) is 5.75. The molecule has 1 aromatic rings. The van der Waals surface area contributed by atoms with Crippen LogP contribution < -0.4 is 5.73 Å². The third kappa shape index (κ3) is 4.08. The lowest BCUT2D eigenvalue weighted by Gasteiger charge is -2.22. The zero-order valence-corrected chi connectivity index (χ0v) is 13.4. The van der Waals surface area contributed by atoms with Gasteiger partial charge in [-0.15, -0.1) is 0 Å². The average Bonchev–Trinajstić information content (AvgIpc) is 3.13. The molecule has 2 nitrogen and oxygen atoms in total. The molecule has 0 aromatic heterocycles. The zero-order chi connectivity index (χ0) is 14.7. The minimum Gasteiger partial charge on any atom is -0.327 e. The first-order chi connectivity index (χ1) is 10.2. The van der Waals surface area contributed by atoms with E-state index in [-0.39, 0.29) is 0 Å². The fraction of sp³-hybridized carbons (Fsp3) is 0.684. The first-order valence-corrected chi connectivity index (χ1v) is 8.74. The summed E-state index contributed by atoms with van der Waals surface area (Å²) >= 11 is 0. The molecule has 1 saturated carbocycles. The maximum absolute atomic E-state index is 6.45. The van der Waals surface area contributed by atoms with Crippen LogP contribution in [0.1, 0.15) is 49.7 Å². The van der Waals surface area contributed by atoms with E-state index >= 15 is 0 Å². The number of aryl methyl sites for hydroxylation is 1. The van der Waals surface area contributed by atoms with Crippen molar-refractivity contribution < 1.29 is 0 Å². The molecule has 0 spiro atoms. The van der Waals surface area contributed by atoms with Crippen LogP contribution in [0.2, 0.25) is 0 Å². The third-order valence-electron chi connectivity index (χ3n) is 5.51. The van der Waals surface area contributed by atoms with Crippen molar-refractivity contribution in [3.63, 3.8) is 0 Å². The topological polar surface area (TPSA) is 29.3 Å². The minimum absolute atomic E-state index is 0.455. The van der Waals surface area contributed by atoms with Crippen LogP contribution in [0.4, 0.5) is 0 Å². The number of hydrogen-bond donors (Lipinski definition) is 1. The predicted molar refractivity (Wildman–Crippen MR) is 89.1 cm³/mol. The van der Waals surface area contributed by atoms with Gasteiger partial charge in [-0.1, -0.05) is 42.7 Å².